The summed E-state index contributed by atoms with van der Waals surface area (Å²) in [7, 11) is 0. The van der Waals surface area contributed by atoms with Crippen molar-refractivity contribution >= 4 is 28.8 Å². The minimum Gasteiger partial charge on any atom is -0.397 e. The SMILES string of the molecule is Nc1ccc(NCCSCCCO)cc1N. The fourth-order valence-corrected chi connectivity index (χ4v) is 2.00. The van der Waals surface area contributed by atoms with Gasteiger partial charge in [0.15, 0.2) is 0 Å². The molecule has 0 aliphatic carbocycles. The van der Waals surface area contributed by atoms with Gasteiger partial charge in [-0.15, -0.1) is 0 Å². The smallest absolute Gasteiger partial charge is 0.0568 e. The first-order valence-corrected chi connectivity index (χ1v) is 6.47. The molecule has 4 nitrogen and oxygen atoms in total. The Morgan fingerprint density at radius 1 is 1.19 bits per heavy atom. The highest BCUT2D eigenvalue weighted by Gasteiger charge is 1.96. The predicted molar refractivity (Wildman–Crippen MR) is 72.8 cm³/mol. The van der Waals surface area contributed by atoms with Crippen LogP contribution in [0.25, 0.3) is 0 Å². The van der Waals surface area contributed by atoms with Gasteiger partial charge in [0.2, 0.25) is 0 Å². The normalized spacial score (nSPS) is 10.3. The number of benzene rings is 1. The molecular weight excluding hydrogens is 222 g/mol. The number of nitrogens with one attached hydrogen (secondary N) is 1. The van der Waals surface area contributed by atoms with Crippen LogP contribution in [-0.4, -0.2) is 29.8 Å². The van der Waals surface area contributed by atoms with Gasteiger partial charge < -0.3 is 21.9 Å². The third-order valence-corrected chi connectivity index (χ3v) is 3.18. The highest BCUT2D eigenvalue weighted by atomic mass is 32.2. The summed E-state index contributed by atoms with van der Waals surface area (Å²) in [6.07, 6.45) is 0.861. The van der Waals surface area contributed by atoms with Gasteiger partial charge in [-0.2, -0.15) is 11.8 Å². The van der Waals surface area contributed by atoms with Crippen molar-refractivity contribution in [1.29, 1.82) is 0 Å². The standard InChI is InChI=1S/C11H19N3OS/c12-10-3-2-9(8-11(10)13)14-4-7-16-6-1-5-15/h2-3,8,14-15H,1,4-7,12-13H2. The second-order valence-electron chi connectivity index (χ2n) is 3.46. The molecule has 0 amide bonds. The zero-order valence-corrected chi connectivity index (χ0v) is 10.1. The molecule has 0 saturated heterocycles. The van der Waals surface area contributed by atoms with Crippen molar-refractivity contribution in [2.45, 2.75) is 6.42 Å². The fraction of sp³-hybridized carbons (Fsp3) is 0.455. The number of rotatable bonds is 7. The molecule has 1 rings (SSSR count). The van der Waals surface area contributed by atoms with Crippen LogP contribution in [0.2, 0.25) is 0 Å². The van der Waals surface area contributed by atoms with Crippen molar-refractivity contribution in [3.05, 3.63) is 18.2 Å². The molecule has 0 aliphatic heterocycles. The first-order chi connectivity index (χ1) is 7.74. The van der Waals surface area contributed by atoms with Crippen LogP contribution in [0, 0.1) is 0 Å². The summed E-state index contributed by atoms with van der Waals surface area (Å²) >= 11 is 1.83. The Bertz CT molecular complexity index is 320. The van der Waals surface area contributed by atoms with E-state index in [4.69, 9.17) is 16.6 Å². The van der Waals surface area contributed by atoms with Crippen molar-refractivity contribution in [2.24, 2.45) is 0 Å². The van der Waals surface area contributed by atoms with Crippen LogP contribution in [0.15, 0.2) is 18.2 Å². The monoisotopic (exact) mass is 241 g/mol. The molecule has 0 aliphatic rings. The predicted octanol–water partition coefficient (Wildman–Crippen LogP) is 1.38. The molecule has 0 fully saturated rings. The van der Waals surface area contributed by atoms with E-state index in [1.54, 1.807) is 6.07 Å². The third-order valence-electron chi connectivity index (χ3n) is 2.11. The number of anilines is 3. The van der Waals surface area contributed by atoms with Gasteiger partial charge in [0.25, 0.3) is 0 Å². The molecule has 16 heavy (non-hydrogen) atoms. The van der Waals surface area contributed by atoms with Gasteiger partial charge in [0, 0.05) is 24.6 Å². The van der Waals surface area contributed by atoms with E-state index in [2.05, 4.69) is 5.32 Å². The Morgan fingerprint density at radius 2 is 2.00 bits per heavy atom. The van der Waals surface area contributed by atoms with Gasteiger partial charge in [-0.1, -0.05) is 0 Å². The van der Waals surface area contributed by atoms with Crippen molar-refractivity contribution in [3.8, 4) is 0 Å². The van der Waals surface area contributed by atoms with Gasteiger partial charge in [-0.25, -0.2) is 0 Å². The van der Waals surface area contributed by atoms with Crippen LogP contribution in [-0.2, 0) is 0 Å². The first-order valence-electron chi connectivity index (χ1n) is 5.31. The van der Waals surface area contributed by atoms with Gasteiger partial charge in [-0.05, 0) is 30.4 Å². The fourth-order valence-electron chi connectivity index (χ4n) is 1.22. The molecule has 0 saturated carbocycles. The van der Waals surface area contributed by atoms with Crippen LogP contribution in [0.3, 0.4) is 0 Å². The van der Waals surface area contributed by atoms with Gasteiger partial charge in [-0.3, -0.25) is 0 Å². The lowest BCUT2D eigenvalue weighted by Gasteiger charge is -2.08. The van der Waals surface area contributed by atoms with Crippen LogP contribution in [0.4, 0.5) is 17.1 Å². The summed E-state index contributed by atoms with van der Waals surface area (Å²) < 4.78 is 0. The number of hydrogen-bond acceptors (Lipinski definition) is 5. The molecule has 0 atom stereocenters. The Balaban J connectivity index is 2.19. The lowest BCUT2D eigenvalue weighted by atomic mass is 10.2. The summed E-state index contributed by atoms with van der Waals surface area (Å²) in [5, 5.41) is 11.9. The Hall–Kier alpha value is -1.07. The maximum Gasteiger partial charge on any atom is 0.0568 e. The second kappa shape index (κ2) is 7.24. The minimum absolute atomic E-state index is 0.273. The summed E-state index contributed by atoms with van der Waals surface area (Å²) in [4.78, 5) is 0. The molecule has 0 radical (unpaired) electrons. The number of thioether (sulfide) groups is 1. The molecule has 1 aromatic carbocycles. The molecule has 0 aromatic heterocycles. The number of nitrogen functional groups attached to an aromatic ring is 2. The second-order valence-corrected chi connectivity index (χ2v) is 4.68. The largest absolute Gasteiger partial charge is 0.397 e. The van der Waals surface area contributed by atoms with E-state index >= 15 is 0 Å². The highest BCUT2D eigenvalue weighted by Crippen LogP contribution is 2.19. The van der Waals surface area contributed by atoms with E-state index in [9.17, 15) is 0 Å². The van der Waals surface area contributed by atoms with Crippen molar-refractivity contribution in [2.75, 3.05) is 41.4 Å². The third kappa shape index (κ3) is 4.63. The minimum atomic E-state index is 0.273. The highest BCUT2D eigenvalue weighted by molar-refractivity contribution is 7.99. The first kappa shape index (κ1) is 13.0. The lowest BCUT2D eigenvalue weighted by Crippen LogP contribution is -2.05. The number of aliphatic hydroxyl groups excluding tert-OH is 1. The van der Waals surface area contributed by atoms with Crippen LogP contribution >= 0.6 is 11.8 Å². The van der Waals surface area contributed by atoms with E-state index in [1.807, 2.05) is 23.9 Å². The van der Waals surface area contributed by atoms with E-state index in [0.717, 1.165) is 30.2 Å². The molecule has 5 heteroatoms. The zero-order chi connectivity index (χ0) is 11.8. The van der Waals surface area contributed by atoms with Crippen LogP contribution in [0.5, 0.6) is 0 Å². The van der Waals surface area contributed by atoms with E-state index in [-0.39, 0.29) is 6.61 Å². The summed E-state index contributed by atoms with van der Waals surface area (Å²) in [5.41, 5.74) is 13.5. The van der Waals surface area contributed by atoms with E-state index < -0.39 is 0 Å². The Kier molecular flexibility index (Phi) is 5.88. The van der Waals surface area contributed by atoms with E-state index in [1.165, 1.54) is 0 Å². The quantitative estimate of drug-likeness (QED) is 0.428. The summed E-state index contributed by atoms with van der Waals surface area (Å²) in [6.45, 7) is 1.16. The number of aliphatic hydroxyl groups is 1. The van der Waals surface area contributed by atoms with Gasteiger partial charge in [0.05, 0.1) is 11.4 Å². The van der Waals surface area contributed by atoms with E-state index in [0.29, 0.717) is 11.4 Å². The van der Waals surface area contributed by atoms with Gasteiger partial charge >= 0.3 is 0 Å². The lowest BCUT2D eigenvalue weighted by molar-refractivity contribution is 0.296. The van der Waals surface area contributed by atoms with Crippen molar-refractivity contribution in [3.63, 3.8) is 0 Å². The molecule has 90 valence electrons. The molecule has 1 aromatic rings. The summed E-state index contributed by atoms with van der Waals surface area (Å²) in [6, 6.07) is 5.56. The Morgan fingerprint density at radius 3 is 2.69 bits per heavy atom. The number of nitrogens with two attached hydrogens (primary N) is 2. The molecule has 0 unspecified atom stereocenters. The van der Waals surface area contributed by atoms with Crippen molar-refractivity contribution < 1.29 is 5.11 Å². The summed E-state index contributed by atoms with van der Waals surface area (Å²) in [5.74, 6) is 2.02. The average molecular weight is 241 g/mol. The maximum atomic E-state index is 8.60. The molecule has 0 heterocycles. The van der Waals surface area contributed by atoms with Crippen LogP contribution < -0.4 is 16.8 Å². The average Bonchev–Trinajstić information content (AvgIpc) is 2.28. The Labute approximate surface area is 100 Å². The van der Waals surface area contributed by atoms with Crippen LogP contribution in [0.1, 0.15) is 6.42 Å². The van der Waals surface area contributed by atoms with Gasteiger partial charge in [0.1, 0.15) is 0 Å². The molecular formula is C11H19N3OS. The molecule has 0 bridgehead atoms. The number of hydrogen-bond donors (Lipinski definition) is 4. The molecule has 0 spiro atoms. The topological polar surface area (TPSA) is 84.3 Å². The zero-order valence-electron chi connectivity index (χ0n) is 9.28. The maximum absolute atomic E-state index is 8.60. The molecule has 6 N–H and O–H groups in total. The van der Waals surface area contributed by atoms with Crippen molar-refractivity contribution in [1.82, 2.24) is 0 Å².